The van der Waals surface area contributed by atoms with Gasteiger partial charge in [0.25, 0.3) is 0 Å². The van der Waals surface area contributed by atoms with Gasteiger partial charge in [0, 0.05) is 22.5 Å². The molecule has 0 radical (unpaired) electrons. The number of halogens is 1. The van der Waals surface area contributed by atoms with Crippen LogP contribution in [-0.2, 0) is 4.74 Å². The van der Waals surface area contributed by atoms with E-state index in [9.17, 15) is 0 Å². The van der Waals surface area contributed by atoms with E-state index in [-0.39, 0.29) is 12.1 Å². The van der Waals surface area contributed by atoms with Gasteiger partial charge in [0.1, 0.15) is 11.9 Å². The van der Waals surface area contributed by atoms with Crippen molar-refractivity contribution in [3.05, 3.63) is 28.2 Å². The first-order valence-corrected chi connectivity index (χ1v) is 6.71. The van der Waals surface area contributed by atoms with Gasteiger partial charge < -0.3 is 14.8 Å². The molecule has 1 heterocycles. The fourth-order valence-corrected chi connectivity index (χ4v) is 2.25. The van der Waals surface area contributed by atoms with Crippen molar-refractivity contribution in [1.29, 1.82) is 0 Å². The molecule has 2 atom stereocenters. The number of nitrogens with one attached hydrogen (secondary N) is 1. The Labute approximate surface area is 111 Å². The second-order valence-electron chi connectivity index (χ2n) is 4.30. The molecule has 1 aromatic carbocycles. The van der Waals surface area contributed by atoms with Crippen LogP contribution in [0.5, 0.6) is 5.75 Å². The highest BCUT2D eigenvalue weighted by atomic mass is 79.9. The van der Waals surface area contributed by atoms with Crippen molar-refractivity contribution in [1.82, 2.24) is 5.32 Å². The smallest absolute Gasteiger partial charge is 0.125 e. The first-order valence-electron chi connectivity index (χ1n) is 5.92. The van der Waals surface area contributed by atoms with Gasteiger partial charge in [-0.1, -0.05) is 22.0 Å². The van der Waals surface area contributed by atoms with Crippen molar-refractivity contribution in [3.8, 4) is 5.75 Å². The highest BCUT2D eigenvalue weighted by molar-refractivity contribution is 9.10. The molecule has 0 aromatic heterocycles. The van der Waals surface area contributed by atoms with Gasteiger partial charge in [0.2, 0.25) is 0 Å². The molecule has 0 bridgehead atoms. The highest BCUT2D eigenvalue weighted by Gasteiger charge is 2.20. The van der Waals surface area contributed by atoms with Crippen LogP contribution in [0, 0.1) is 0 Å². The molecule has 0 saturated carbocycles. The number of hydrogen-bond acceptors (Lipinski definition) is 3. The summed E-state index contributed by atoms with van der Waals surface area (Å²) in [6.45, 7) is 3.62. The minimum atomic E-state index is 0.187. The maximum Gasteiger partial charge on any atom is 0.125 e. The molecule has 0 spiro atoms. The lowest BCUT2D eigenvalue weighted by molar-refractivity contribution is 0.140. The Morgan fingerprint density at radius 1 is 1.53 bits per heavy atom. The molecule has 4 heteroatoms. The van der Waals surface area contributed by atoms with Gasteiger partial charge in [-0.15, -0.1) is 0 Å². The second-order valence-corrected chi connectivity index (χ2v) is 5.21. The Balaban J connectivity index is 2.19. The zero-order valence-electron chi connectivity index (χ0n) is 10.2. The van der Waals surface area contributed by atoms with Crippen LogP contribution in [0.4, 0.5) is 0 Å². The summed E-state index contributed by atoms with van der Waals surface area (Å²) in [5.74, 6) is 0.941. The molecule has 1 aromatic rings. The van der Waals surface area contributed by atoms with Crippen LogP contribution < -0.4 is 10.1 Å². The first-order chi connectivity index (χ1) is 8.20. The lowest BCUT2D eigenvalue weighted by atomic mass is 10.1. The van der Waals surface area contributed by atoms with E-state index in [1.54, 1.807) is 0 Å². The standard InChI is InChI=1S/C13H18BrNO2/c1-9(15-2)12-4-3-10(14)7-13(12)17-11-5-6-16-8-11/h3-4,7,9,11,15H,5-6,8H2,1-2H3. The average Bonchev–Trinajstić information content (AvgIpc) is 2.81. The molecule has 1 fully saturated rings. The molecular weight excluding hydrogens is 282 g/mol. The maximum atomic E-state index is 6.02. The normalized spacial score (nSPS) is 21.5. The Bertz CT molecular complexity index is 378. The molecule has 3 nitrogen and oxygen atoms in total. The number of hydrogen-bond donors (Lipinski definition) is 1. The second kappa shape index (κ2) is 5.85. The molecule has 0 amide bonds. The van der Waals surface area contributed by atoms with E-state index >= 15 is 0 Å². The lowest BCUT2D eigenvalue weighted by Crippen LogP contribution is -2.19. The molecule has 2 rings (SSSR count). The predicted molar refractivity (Wildman–Crippen MR) is 71.5 cm³/mol. The van der Waals surface area contributed by atoms with Gasteiger partial charge >= 0.3 is 0 Å². The monoisotopic (exact) mass is 299 g/mol. The lowest BCUT2D eigenvalue weighted by Gasteiger charge is -2.19. The van der Waals surface area contributed by atoms with Crippen molar-refractivity contribution in [3.63, 3.8) is 0 Å². The predicted octanol–water partition coefficient (Wildman–Crippen LogP) is 2.90. The molecule has 1 saturated heterocycles. The van der Waals surface area contributed by atoms with Gasteiger partial charge in [-0.25, -0.2) is 0 Å². The first kappa shape index (κ1) is 12.9. The fraction of sp³-hybridized carbons (Fsp3) is 0.538. The van der Waals surface area contributed by atoms with E-state index in [1.807, 2.05) is 19.2 Å². The largest absolute Gasteiger partial charge is 0.488 e. The highest BCUT2D eigenvalue weighted by Crippen LogP contribution is 2.30. The molecule has 2 unspecified atom stereocenters. The molecule has 1 aliphatic heterocycles. The zero-order valence-corrected chi connectivity index (χ0v) is 11.8. The van der Waals surface area contributed by atoms with E-state index in [0.717, 1.165) is 23.2 Å². The van der Waals surface area contributed by atoms with Crippen LogP contribution in [0.25, 0.3) is 0 Å². The van der Waals surface area contributed by atoms with E-state index < -0.39 is 0 Å². The molecule has 1 aliphatic rings. The molecular formula is C13H18BrNO2. The SMILES string of the molecule is CNC(C)c1ccc(Br)cc1OC1CCOC1. The number of ether oxygens (including phenoxy) is 2. The maximum absolute atomic E-state index is 6.02. The van der Waals surface area contributed by atoms with Crippen LogP contribution in [-0.4, -0.2) is 26.4 Å². The van der Waals surface area contributed by atoms with Crippen molar-refractivity contribution in [2.24, 2.45) is 0 Å². The third-order valence-electron chi connectivity index (χ3n) is 3.06. The van der Waals surface area contributed by atoms with Crippen LogP contribution >= 0.6 is 15.9 Å². The minimum Gasteiger partial charge on any atom is -0.488 e. The average molecular weight is 300 g/mol. The number of rotatable bonds is 4. The quantitative estimate of drug-likeness (QED) is 0.927. The van der Waals surface area contributed by atoms with Crippen molar-refractivity contribution >= 4 is 15.9 Å². The van der Waals surface area contributed by atoms with E-state index in [4.69, 9.17) is 9.47 Å². The summed E-state index contributed by atoms with van der Waals surface area (Å²) >= 11 is 3.49. The summed E-state index contributed by atoms with van der Waals surface area (Å²) in [5.41, 5.74) is 1.18. The fourth-order valence-electron chi connectivity index (χ4n) is 1.91. The Morgan fingerprint density at radius 2 is 2.35 bits per heavy atom. The van der Waals surface area contributed by atoms with Gasteiger partial charge in [-0.2, -0.15) is 0 Å². The van der Waals surface area contributed by atoms with Crippen LogP contribution in [0.1, 0.15) is 24.9 Å². The third-order valence-corrected chi connectivity index (χ3v) is 3.55. The van der Waals surface area contributed by atoms with Gasteiger partial charge in [-0.3, -0.25) is 0 Å². The van der Waals surface area contributed by atoms with Crippen molar-refractivity contribution in [2.45, 2.75) is 25.5 Å². The Morgan fingerprint density at radius 3 is 3.00 bits per heavy atom. The summed E-state index contributed by atoms with van der Waals surface area (Å²) < 4.78 is 12.4. The summed E-state index contributed by atoms with van der Waals surface area (Å²) in [5, 5.41) is 3.24. The minimum absolute atomic E-state index is 0.187. The topological polar surface area (TPSA) is 30.5 Å². The Kier molecular flexibility index (Phi) is 4.42. The van der Waals surface area contributed by atoms with Gasteiger partial charge in [0.05, 0.1) is 13.2 Å². The van der Waals surface area contributed by atoms with E-state index in [0.29, 0.717) is 6.61 Å². The summed E-state index contributed by atoms with van der Waals surface area (Å²) in [7, 11) is 1.95. The third kappa shape index (κ3) is 3.21. The van der Waals surface area contributed by atoms with E-state index in [2.05, 4.69) is 34.2 Å². The van der Waals surface area contributed by atoms with Crippen molar-refractivity contribution in [2.75, 3.05) is 20.3 Å². The molecule has 94 valence electrons. The summed E-state index contributed by atoms with van der Waals surface area (Å²) in [6.07, 6.45) is 1.16. The zero-order chi connectivity index (χ0) is 12.3. The number of benzene rings is 1. The van der Waals surface area contributed by atoms with Gasteiger partial charge in [-0.05, 0) is 26.1 Å². The van der Waals surface area contributed by atoms with Crippen LogP contribution in [0.3, 0.4) is 0 Å². The summed E-state index contributed by atoms with van der Waals surface area (Å²) in [4.78, 5) is 0. The van der Waals surface area contributed by atoms with E-state index in [1.165, 1.54) is 5.56 Å². The Hall–Kier alpha value is -0.580. The molecule has 1 N–H and O–H groups in total. The van der Waals surface area contributed by atoms with Crippen LogP contribution in [0.2, 0.25) is 0 Å². The van der Waals surface area contributed by atoms with Crippen LogP contribution in [0.15, 0.2) is 22.7 Å². The summed E-state index contributed by atoms with van der Waals surface area (Å²) in [6, 6.07) is 6.44. The molecule has 17 heavy (non-hydrogen) atoms. The van der Waals surface area contributed by atoms with Gasteiger partial charge in [0.15, 0.2) is 0 Å². The van der Waals surface area contributed by atoms with Crippen molar-refractivity contribution < 1.29 is 9.47 Å². The molecule has 0 aliphatic carbocycles.